The number of likely N-dealkylation sites (tertiary alicyclic amines) is 1. The molecule has 114 valence electrons. The molecule has 0 saturated carbocycles. The lowest BCUT2D eigenvalue weighted by molar-refractivity contribution is -0.142. The third-order valence-electron chi connectivity index (χ3n) is 4.01. The van der Waals surface area contributed by atoms with Crippen LogP contribution in [0.25, 0.3) is 0 Å². The van der Waals surface area contributed by atoms with Gasteiger partial charge in [-0.25, -0.2) is 0 Å². The van der Waals surface area contributed by atoms with Crippen molar-refractivity contribution in [2.45, 2.75) is 26.3 Å². The maximum Gasteiger partial charge on any atom is 0.308 e. The topological polar surface area (TPSA) is 69.6 Å². The van der Waals surface area contributed by atoms with E-state index in [0.29, 0.717) is 23.7 Å². The maximum atomic E-state index is 12.0. The fourth-order valence-corrected chi connectivity index (χ4v) is 2.79. The first kappa shape index (κ1) is 15.8. The van der Waals surface area contributed by atoms with Crippen molar-refractivity contribution in [1.29, 1.82) is 0 Å². The number of carboxylic acid groups (broad SMARTS) is 1. The van der Waals surface area contributed by atoms with Crippen LogP contribution < -0.4 is 5.32 Å². The van der Waals surface area contributed by atoms with Crippen molar-refractivity contribution < 1.29 is 14.7 Å². The van der Waals surface area contributed by atoms with Crippen LogP contribution in [0.2, 0.25) is 5.02 Å². The first-order valence-corrected chi connectivity index (χ1v) is 7.29. The van der Waals surface area contributed by atoms with Gasteiger partial charge in [-0.05, 0) is 44.5 Å². The average Bonchev–Trinajstić information content (AvgIpc) is 2.75. The summed E-state index contributed by atoms with van der Waals surface area (Å²) in [6.45, 7) is 4.56. The van der Waals surface area contributed by atoms with Crippen LogP contribution in [0.15, 0.2) is 18.2 Å². The molecule has 1 aliphatic rings. The quantitative estimate of drug-likeness (QED) is 0.896. The molecule has 1 amide bonds. The zero-order chi connectivity index (χ0) is 15.6. The van der Waals surface area contributed by atoms with E-state index in [4.69, 9.17) is 16.7 Å². The lowest BCUT2D eigenvalue weighted by Crippen LogP contribution is -2.38. The minimum absolute atomic E-state index is 0.130. The fraction of sp³-hybridized carbons (Fsp3) is 0.467. The number of benzene rings is 1. The number of carbonyl (C=O) groups excluding carboxylic acids is 1. The highest BCUT2D eigenvalue weighted by Crippen LogP contribution is 2.24. The van der Waals surface area contributed by atoms with Crippen molar-refractivity contribution >= 4 is 29.2 Å². The summed E-state index contributed by atoms with van der Waals surface area (Å²) in [6.07, 6.45) is 0.583. The number of nitrogens with zero attached hydrogens (tertiary/aromatic N) is 1. The minimum Gasteiger partial charge on any atom is -0.481 e. The summed E-state index contributed by atoms with van der Waals surface area (Å²) < 4.78 is 0. The molecule has 2 unspecified atom stereocenters. The second-order valence-corrected chi connectivity index (χ2v) is 5.86. The Bertz CT molecular complexity index is 562. The summed E-state index contributed by atoms with van der Waals surface area (Å²) in [5.74, 6) is -1.35. The molecule has 1 aliphatic heterocycles. The average molecular weight is 311 g/mol. The molecule has 2 atom stereocenters. The minimum atomic E-state index is -0.796. The van der Waals surface area contributed by atoms with Crippen LogP contribution in [-0.4, -0.2) is 41.0 Å². The predicted octanol–water partition coefficient (Wildman–Crippen LogP) is 2.38. The molecule has 1 fully saturated rings. The van der Waals surface area contributed by atoms with E-state index >= 15 is 0 Å². The van der Waals surface area contributed by atoms with E-state index in [1.807, 2.05) is 24.8 Å². The Hall–Kier alpha value is -1.59. The van der Waals surface area contributed by atoms with Gasteiger partial charge in [-0.1, -0.05) is 17.7 Å². The van der Waals surface area contributed by atoms with Gasteiger partial charge in [0.05, 0.1) is 12.5 Å². The maximum absolute atomic E-state index is 12.0. The normalized spacial score (nSPS) is 22.2. The van der Waals surface area contributed by atoms with Gasteiger partial charge >= 0.3 is 5.97 Å². The summed E-state index contributed by atoms with van der Waals surface area (Å²) in [5.41, 5.74) is 1.60. The highest BCUT2D eigenvalue weighted by molar-refractivity contribution is 6.31. The van der Waals surface area contributed by atoms with E-state index in [2.05, 4.69) is 5.32 Å². The number of carbonyl (C=O) groups is 2. The summed E-state index contributed by atoms with van der Waals surface area (Å²) >= 11 is 6.02. The number of hydrogen-bond donors (Lipinski definition) is 2. The van der Waals surface area contributed by atoms with Crippen molar-refractivity contribution in [1.82, 2.24) is 4.90 Å². The Morgan fingerprint density at radius 1 is 1.48 bits per heavy atom. The van der Waals surface area contributed by atoms with E-state index in [1.165, 1.54) is 0 Å². The van der Waals surface area contributed by atoms with Crippen LogP contribution in [0.5, 0.6) is 0 Å². The predicted molar refractivity (Wildman–Crippen MR) is 81.6 cm³/mol. The lowest BCUT2D eigenvalue weighted by Gasteiger charge is -2.22. The highest BCUT2D eigenvalue weighted by Gasteiger charge is 2.36. The molecule has 21 heavy (non-hydrogen) atoms. The van der Waals surface area contributed by atoms with Gasteiger partial charge in [0.2, 0.25) is 5.91 Å². The Labute approximate surface area is 128 Å². The number of anilines is 1. The lowest BCUT2D eigenvalue weighted by atomic mass is 10.0. The number of rotatable bonds is 4. The zero-order valence-corrected chi connectivity index (χ0v) is 12.9. The molecule has 2 rings (SSSR count). The molecule has 5 nitrogen and oxygen atoms in total. The van der Waals surface area contributed by atoms with E-state index in [0.717, 1.165) is 5.56 Å². The van der Waals surface area contributed by atoms with Crippen LogP contribution in [-0.2, 0) is 9.59 Å². The van der Waals surface area contributed by atoms with Crippen LogP contribution in [0.3, 0.4) is 0 Å². The van der Waals surface area contributed by atoms with E-state index in [1.54, 1.807) is 12.1 Å². The molecular weight excluding hydrogens is 292 g/mol. The Morgan fingerprint density at radius 2 is 2.19 bits per heavy atom. The van der Waals surface area contributed by atoms with Gasteiger partial charge in [0.1, 0.15) is 0 Å². The van der Waals surface area contributed by atoms with Gasteiger partial charge in [0, 0.05) is 16.8 Å². The summed E-state index contributed by atoms with van der Waals surface area (Å²) in [6, 6.07) is 5.22. The van der Waals surface area contributed by atoms with Crippen LogP contribution in [0.1, 0.15) is 18.9 Å². The third-order valence-corrected chi connectivity index (χ3v) is 4.41. The highest BCUT2D eigenvalue weighted by atomic mass is 35.5. The summed E-state index contributed by atoms with van der Waals surface area (Å²) in [4.78, 5) is 25.0. The Morgan fingerprint density at radius 3 is 2.76 bits per heavy atom. The molecule has 6 heteroatoms. The molecule has 0 radical (unpaired) electrons. The fourth-order valence-electron chi connectivity index (χ4n) is 2.61. The van der Waals surface area contributed by atoms with Gasteiger partial charge in [0.25, 0.3) is 0 Å². The van der Waals surface area contributed by atoms with Gasteiger partial charge in [0.15, 0.2) is 0 Å². The number of aliphatic carboxylic acids is 1. The summed E-state index contributed by atoms with van der Waals surface area (Å²) in [5, 5.41) is 12.5. The second kappa shape index (κ2) is 6.45. The van der Waals surface area contributed by atoms with Gasteiger partial charge < -0.3 is 10.4 Å². The molecule has 0 aliphatic carbocycles. The molecule has 0 spiro atoms. The number of hydrogen-bond acceptors (Lipinski definition) is 3. The standard InChI is InChI=1S/C15H19ClN2O3/c1-9-3-4-11(7-13(9)16)17-14(19)8-18-6-5-12(10(18)2)15(20)21/h3-4,7,10,12H,5-6,8H2,1-2H3,(H,17,19)(H,20,21). The van der Waals surface area contributed by atoms with Crippen LogP contribution >= 0.6 is 11.6 Å². The molecule has 1 aromatic rings. The van der Waals surface area contributed by atoms with Crippen LogP contribution in [0, 0.1) is 12.8 Å². The first-order valence-electron chi connectivity index (χ1n) is 6.91. The van der Waals surface area contributed by atoms with E-state index in [-0.39, 0.29) is 18.5 Å². The van der Waals surface area contributed by atoms with Crippen molar-refractivity contribution in [3.63, 3.8) is 0 Å². The van der Waals surface area contributed by atoms with Crippen molar-refractivity contribution in [3.05, 3.63) is 28.8 Å². The van der Waals surface area contributed by atoms with Crippen LogP contribution in [0.4, 0.5) is 5.69 Å². The molecule has 2 N–H and O–H groups in total. The van der Waals surface area contributed by atoms with Gasteiger partial charge in [-0.15, -0.1) is 0 Å². The largest absolute Gasteiger partial charge is 0.481 e. The summed E-state index contributed by atoms with van der Waals surface area (Å²) in [7, 11) is 0. The monoisotopic (exact) mass is 310 g/mol. The zero-order valence-electron chi connectivity index (χ0n) is 12.1. The van der Waals surface area contributed by atoms with Crippen molar-refractivity contribution in [2.75, 3.05) is 18.4 Å². The number of halogens is 1. The molecule has 1 saturated heterocycles. The van der Waals surface area contributed by atoms with Crippen molar-refractivity contribution in [2.24, 2.45) is 5.92 Å². The molecule has 0 aromatic heterocycles. The number of aryl methyl sites for hydroxylation is 1. The SMILES string of the molecule is Cc1ccc(NC(=O)CN2CCC(C(=O)O)C2C)cc1Cl. The number of carboxylic acids is 1. The number of amides is 1. The van der Waals surface area contributed by atoms with E-state index < -0.39 is 11.9 Å². The molecule has 1 heterocycles. The first-order chi connectivity index (χ1) is 9.88. The Kier molecular flexibility index (Phi) is 4.85. The van der Waals surface area contributed by atoms with Gasteiger partial charge in [-0.3, -0.25) is 14.5 Å². The van der Waals surface area contributed by atoms with Gasteiger partial charge in [-0.2, -0.15) is 0 Å². The molecule has 1 aromatic carbocycles. The molecular formula is C15H19ClN2O3. The number of nitrogens with one attached hydrogen (secondary N) is 1. The third kappa shape index (κ3) is 3.74. The van der Waals surface area contributed by atoms with E-state index in [9.17, 15) is 9.59 Å². The van der Waals surface area contributed by atoms with Crippen molar-refractivity contribution in [3.8, 4) is 0 Å². The second-order valence-electron chi connectivity index (χ2n) is 5.46. The molecule has 0 bridgehead atoms. The smallest absolute Gasteiger partial charge is 0.308 e. The Balaban J connectivity index is 1.93.